The molecule has 5 nitrogen and oxygen atoms in total. The van der Waals surface area contributed by atoms with E-state index >= 15 is 0 Å². The predicted octanol–water partition coefficient (Wildman–Crippen LogP) is 2.33. The first-order chi connectivity index (χ1) is 9.11. The third-order valence-corrected chi connectivity index (χ3v) is 3.28. The topological polar surface area (TPSA) is 69.6 Å². The highest BCUT2D eigenvalue weighted by Gasteiger charge is 2.19. The van der Waals surface area contributed by atoms with Crippen molar-refractivity contribution in [3.05, 3.63) is 23.8 Å². The van der Waals surface area contributed by atoms with E-state index in [-0.39, 0.29) is 11.5 Å². The molecule has 0 bridgehead atoms. The van der Waals surface area contributed by atoms with Crippen molar-refractivity contribution in [2.24, 2.45) is 0 Å². The van der Waals surface area contributed by atoms with Gasteiger partial charge in [-0.05, 0) is 31.0 Å². The fourth-order valence-corrected chi connectivity index (χ4v) is 2.27. The summed E-state index contributed by atoms with van der Waals surface area (Å²) in [4.78, 5) is 24.8. The Balaban J connectivity index is 2.29. The lowest BCUT2D eigenvalue weighted by Crippen LogP contribution is -2.21. The quantitative estimate of drug-likeness (QED) is 0.873. The fourth-order valence-electron chi connectivity index (χ4n) is 2.27. The Bertz CT molecular complexity index is 493. The van der Waals surface area contributed by atoms with Gasteiger partial charge >= 0.3 is 5.97 Å². The molecule has 1 amide bonds. The van der Waals surface area contributed by atoms with E-state index in [4.69, 9.17) is 0 Å². The van der Waals surface area contributed by atoms with E-state index in [1.807, 2.05) is 0 Å². The molecule has 1 saturated heterocycles. The lowest BCUT2D eigenvalue weighted by atomic mass is 10.1. The van der Waals surface area contributed by atoms with Crippen molar-refractivity contribution in [1.29, 1.82) is 0 Å². The van der Waals surface area contributed by atoms with Crippen molar-refractivity contribution in [2.75, 3.05) is 23.3 Å². The maximum absolute atomic E-state index is 11.3. The van der Waals surface area contributed by atoms with E-state index in [1.54, 1.807) is 19.1 Å². The van der Waals surface area contributed by atoms with Crippen LogP contribution < -0.4 is 10.2 Å². The number of hydrogen-bond acceptors (Lipinski definition) is 3. The molecule has 2 N–H and O–H groups in total. The van der Waals surface area contributed by atoms with Crippen LogP contribution in [0.15, 0.2) is 18.2 Å². The molecule has 0 atom stereocenters. The van der Waals surface area contributed by atoms with Gasteiger partial charge < -0.3 is 15.3 Å². The first kappa shape index (κ1) is 13.4. The molecule has 0 spiro atoms. The minimum absolute atomic E-state index is 0.120. The highest BCUT2D eigenvalue weighted by molar-refractivity contribution is 5.98. The zero-order valence-corrected chi connectivity index (χ0v) is 11.0. The van der Waals surface area contributed by atoms with Crippen molar-refractivity contribution < 1.29 is 14.7 Å². The third-order valence-electron chi connectivity index (χ3n) is 3.28. The highest BCUT2D eigenvalue weighted by Crippen LogP contribution is 2.27. The second-order valence-electron chi connectivity index (χ2n) is 4.63. The molecule has 0 saturated carbocycles. The van der Waals surface area contributed by atoms with Gasteiger partial charge in [0.1, 0.15) is 0 Å². The summed E-state index contributed by atoms with van der Waals surface area (Å²) in [6, 6.07) is 5.07. The summed E-state index contributed by atoms with van der Waals surface area (Å²) in [6.07, 6.45) is 2.55. The van der Waals surface area contributed by atoms with E-state index in [2.05, 4.69) is 10.2 Å². The normalized spacial score (nSPS) is 14.5. The Morgan fingerprint density at radius 3 is 2.58 bits per heavy atom. The monoisotopic (exact) mass is 262 g/mol. The maximum atomic E-state index is 11.3. The van der Waals surface area contributed by atoms with Gasteiger partial charge in [-0.2, -0.15) is 0 Å². The van der Waals surface area contributed by atoms with Crippen LogP contribution in [0.5, 0.6) is 0 Å². The van der Waals surface area contributed by atoms with Crippen LogP contribution in [-0.2, 0) is 4.79 Å². The van der Waals surface area contributed by atoms with E-state index in [0.29, 0.717) is 12.1 Å². The summed E-state index contributed by atoms with van der Waals surface area (Å²) in [7, 11) is 0. The minimum atomic E-state index is -0.963. The molecular formula is C14H18N2O3. The molecule has 102 valence electrons. The van der Waals surface area contributed by atoms with Gasteiger partial charge in [0, 0.05) is 25.2 Å². The van der Waals surface area contributed by atoms with Crippen LogP contribution in [0.1, 0.15) is 36.5 Å². The van der Waals surface area contributed by atoms with Gasteiger partial charge in [0.25, 0.3) is 0 Å². The van der Waals surface area contributed by atoms with Crippen LogP contribution >= 0.6 is 0 Å². The Morgan fingerprint density at radius 1 is 1.32 bits per heavy atom. The van der Waals surface area contributed by atoms with Gasteiger partial charge in [-0.3, -0.25) is 4.79 Å². The number of carbonyl (C=O) groups excluding carboxylic acids is 1. The molecule has 1 aliphatic rings. The Labute approximate surface area is 112 Å². The van der Waals surface area contributed by atoms with Crippen molar-refractivity contribution in [2.45, 2.75) is 26.2 Å². The van der Waals surface area contributed by atoms with Crippen LogP contribution in [0.2, 0.25) is 0 Å². The molecule has 19 heavy (non-hydrogen) atoms. The van der Waals surface area contributed by atoms with E-state index in [0.717, 1.165) is 31.6 Å². The van der Waals surface area contributed by atoms with Crippen molar-refractivity contribution in [3.8, 4) is 0 Å². The molecule has 5 heteroatoms. The second-order valence-corrected chi connectivity index (χ2v) is 4.63. The molecule has 1 fully saturated rings. The van der Waals surface area contributed by atoms with Crippen molar-refractivity contribution in [3.63, 3.8) is 0 Å². The number of amides is 1. The van der Waals surface area contributed by atoms with Gasteiger partial charge in [0.15, 0.2) is 0 Å². The van der Waals surface area contributed by atoms with Gasteiger partial charge in [0.05, 0.1) is 11.3 Å². The molecule has 0 aliphatic carbocycles. The molecule has 0 aromatic heterocycles. The number of carboxylic acids is 1. The van der Waals surface area contributed by atoms with E-state index in [9.17, 15) is 14.7 Å². The zero-order valence-electron chi connectivity index (χ0n) is 11.0. The van der Waals surface area contributed by atoms with Gasteiger partial charge in [-0.15, -0.1) is 0 Å². The van der Waals surface area contributed by atoms with Gasteiger partial charge in [0.2, 0.25) is 5.91 Å². The summed E-state index contributed by atoms with van der Waals surface area (Å²) < 4.78 is 0. The third kappa shape index (κ3) is 3.05. The van der Waals surface area contributed by atoms with Crippen LogP contribution in [0.25, 0.3) is 0 Å². The SMILES string of the molecule is CCC(=O)Nc1ccc(N2CCCC2)c(C(=O)O)c1. The standard InChI is InChI=1S/C14H18N2O3/c1-2-13(17)15-10-5-6-12(11(9-10)14(18)19)16-7-3-4-8-16/h5-6,9H,2-4,7-8H2,1H3,(H,15,17)(H,18,19). The number of hydrogen-bond donors (Lipinski definition) is 2. The van der Waals surface area contributed by atoms with Gasteiger partial charge in [-0.1, -0.05) is 6.92 Å². The lowest BCUT2D eigenvalue weighted by molar-refractivity contribution is -0.115. The average Bonchev–Trinajstić information content (AvgIpc) is 2.92. The predicted molar refractivity (Wildman–Crippen MR) is 73.8 cm³/mol. The number of carboxylic acid groups (broad SMARTS) is 1. The number of anilines is 2. The summed E-state index contributed by atoms with van der Waals surface area (Å²) in [5, 5.41) is 12.0. The summed E-state index contributed by atoms with van der Waals surface area (Å²) in [5.41, 5.74) is 1.52. The largest absolute Gasteiger partial charge is 0.478 e. The molecule has 1 aromatic rings. The molecule has 1 heterocycles. The Morgan fingerprint density at radius 2 is 2.00 bits per heavy atom. The van der Waals surface area contributed by atoms with E-state index in [1.165, 1.54) is 6.07 Å². The number of nitrogens with zero attached hydrogens (tertiary/aromatic N) is 1. The molecule has 1 aromatic carbocycles. The Kier molecular flexibility index (Phi) is 4.04. The van der Waals surface area contributed by atoms with Crippen LogP contribution in [0.3, 0.4) is 0 Å². The molecule has 1 aliphatic heterocycles. The minimum Gasteiger partial charge on any atom is -0.478 e. The fraction of sp³-hybridized carbons (Fsp3) is 0.429. The van der Waals surface area contributed by atoms with Crippen LogP contribution in [-0.4, -0.2) is 30.1 Å². The summed E-state index contributed by atoms with van der Waals surface area (Å²) >= 11 is 0. The molecule has 0 unspecified atom stereocenters. The number of nitrogens with one attached hydrogen (secondary N) is 1. The lowest BCUT2D eigenvalue weighted by Gasteiger charge is -2.20. The summed E-state index contributed by atoms with van der Waals surface area (Å²) in [6.45, 7) is 3.54. The Hall–Kier alpha value is -2.04. The second kappa shape index (κ2) is 5.73. The first-order valence-electron chi connectivity index (χ1n) is 6.54. The molecule has 2 rings (SSSR count). The number of carbonyl (C=O) groups is 2. The molecular weight excluding hydrogens is 244 g/mol. The summed E-state index contributed by atoms with van der Waals surface area (Å²) in [5.74, 6) is -1.08. The first-order valence-corrected chi connectivity index (χ1v) is 6.54. The number of aromatic carboxylic acids is 1. The number of rotatable bonds is 4. The smallest absolute Gasteiger partial charge is 0.337 e. The van der Waals surface area contributed by atoms with Crippen LogP contribution in [0.4, 0.5) is 11.4 Å². The van der Waals surface area contributed by atoms with Crippen LogP contribution in [0, 0.1) is 0 Å². The average molecular weight is 262 g/mol. The van der Waals surface area contributed by atoms with Gasteiger partial charge in [-0.25, -0.2) is 4.79 Å². The van der Waals surface area contributed by atoms with Crippen molar-refractivity contribution in [1.82, 2.24) is 0 Å². The van der Waals surface area contributed by atoms with Crippen molar-refractivity contribution >= 4 is 23.3 Å². The highest BCUT2D eigenvalue weighted by atomic mass is 16.4. The van der Waals surface area contributed by atoms with E-state index < -0.39 is 5.97 Å². The zero-order chi connectivity index (χ0) is 13.8. The maximum Gasteiger partial charge on any atom is 0.337 e. The number of benzene rings is 1. The molecule has 0 radical (unpaired) electrons.